The van der Waals surface area contributed by atoms with Gasteiger partial charge >= 0.3 is 0 Å². The molecule has 0 spiro atoms. The van der Waals surface area contributed by atoms with E-state index >= 15 is 0 Å². The number of benzene rings is 6. The Labute approximate surface area is 361 Å². The van der Waals surface area contributed by atoms with E-state index in [2.05, 4.69) is 158 Å². The van der Waals surface area contributed by atoms with Gasteiger partial charge in [0.1, 0.15) is 11.2 Å². The maximum absolute atomic E-state index is 6.57. The summed E-state index contributed by atoms with van der Waals surface area (Å²) >= 11 is 0. The van der Waals surface area contributed by atoms with Crippen LogP contribution in [0.4, 0.5) is 0 Å². The number of fused-ring (bicyclic) bond motifs is 9. The van der Waals surface area contributed by atoms with Crippen molar-refractivity contribution in [3.63, 3.8) is 0 Å². The zero-order valence-corrected chi connectivity index (χ0v) is 34.0. The summed E-state index contributed by atoms with van der Waals surface area (Å²) < 4.78 is 11.3. The second-order valence-electron chi connectivity index (χ2n) is 16.2. The van der Waals surface area contributed by atoms with Crippen LogP contribution in [0.2, 0.25) is 0 Å². The van der Waals surface area contributed by atoms with Crippen LogP contribution >= 0.6 is 0 Å². The molecule has 0 unspecified atom stereocenters. The van der Waals surface area contributed by atoms with E-state index in [0.717, 1.165) is 124 Å². The van der Waals surface area contributed by atoms with Crippen LogP contribution in [0.3, 0.4) is 0 Å². The molecule has 7 heterocycles. The van der Waals surface area contributed by atoms with Crippen LogP contribution in [-0.2, 0) is 0 Å². The maximum atomic E-state index is 6.57. The topological polar surface area (TPSA) is 74.0 Å². The van der Waals surface area contributed by atoms with E-state index in [1.54, 1.807) is 0 Å². The molecule has 13 rings (SSSR count). The van der Waals surface area contributed by atoms with Gasteiger partial charge in [0.15, 0.2) is 0 Å². The van der Waals surface area contributed by atoms with E-state index in [1.807, 2.05) is 61.2 Å². The standard InChI is InChI=1S/C56H36N6O/c1-5-25-57-47(9-1)35-13-19-51-41(29-35)42-30-36(48-10-2-6-26-58-48)14-20-52(42)61(51)39-17-23-55-45(33-39)46-34-40(18-24-56(46)63-55)62-53-21-15-37(49-11-3-7-27-59-49)31-43(53)44-32-38(16-22-54(44)62)50-12-4-8-28-60-50/h1-3,5-11,13-34H,4,12H2. The lowest BCUT2D eigenvalue weighted by molar-refractivity contribution is 0.669. The van der Waals surface area contributed by atoms with Gasteiger partial charge in [0.25, 0.3) is 0 Å². The SMILES string of the molecule is C1=CN=C(c2ccc3c(c2)c2cc(-c4ccccn4)ccc2n3-c2ccc3oc4ccc(-n5c6ccc(-c7ccccn7)cc6c6cc(-c7ccccn7)ccc65)cc4c3c2)CC1. The Hall–Kier alpha value is -8.42. The maximum Gasteiger partial charge on any atom is 0.135 e. The number of hydrogen-bond donors (Lipinski definition) is 0. The van der Waals surface area contributed by atoms with Crippen LogP contribution in [0.1, 0.15) is 18.4 Å². The van der Waals surface area contributed by atoms with Gasteiger partial charge in [-0.15, -0.1) is 0 Å². The summed E-state index contributed by atoms with van der Waals surface area (Å²) in [6.45, 7) is 0. The Balaban J connectivity index is 1.000. The third-order valence-corrected chi connectivity index (χ3v) is 12.6. The summed E-state index contributed by atoms with van der Waals surface area (Å²) in [6, 6.07) is 58.1. The summed E-state index contributed by atoms with van der Waals surface area (Å²) in [4.78, 5) is 18.8. The highest BCUT2D eigenvalue weighted by Crippen LogP contribution is 2.41. The van der Waals surface area contributed by atoms with Gasteiger partial charge in [0.05, 0.1) is 39.1 Å². The highest BCUT2D eigenvalue weighted by atomic mass is 16.3. The van der Waals surface area contributed by atoms with E-state index in [0.29, 0.717) is 0 Å². The first-order valence-electron chi connectivity index (χ1n) is 21.3. The van der Waals surface area contributed by atoms with E-state index < -0.39 is 0 Å². The van der Waals surface area contributed by atoms with Gasteiger partial charge < -0.3 is 13.6 Å². The van der Waals surface area contributed by atoms with Gasteiger partial charge in [0.2, 0.25) is 0 Å². The molecule has 0 aliphatic carbocycles. The molecule has 12 aromatic rings. The fraction of sp³-hybridized carbons (Fsp3) is 0.0357. The molecule has 6 aromatic carbocycles. The predicted molar refractivity (Wildman–Crippen MR) is 257 cm³/mol. The first-order valence-corrected chi connectivity index (χ1v) is 21.3. The number of aromatic nitrogens is 5. The number of furan rings is 1. The number of allylic oxidation sites excluding steroid dienone is 1. The van der Waals surface area contributed by atoms with Crippen molar-refractivity contribution in [1.29, 1.82) is 0 Å². The lowest BCUT2D eigenvalue weighted by Gasteiger charge is -2.10. The van der Waals surface area contributed by atoms with Crippen molar-refractivity contribution >= 4 is 71.3 Å². The number of pyridine rings is 3. The fourth-order valence-corrected chi connectivity index (χ4v) is 9.61. The normalized spacial score (nSPS) is 13.0. The lowest BCUT2D eigenvalue weighted by Crippen LogP contribution is -2.02. The Morgan fingerprint density at radius 2 is 0.825 bits per heavy atom. The second kappa shape index (κ2) is 14.1. The summed E-state index contributed by atoms with van der Waals surface area (Å²) in [5.74, 6) is 0. The minimum Gasteiger partial charge on any atom is -0.456 e. The van der Waals surface area contributed by atoms with Crippen LogP contribution in [0.15, 0.2) is 204 Å². The molecule has 0 fully saturated rings. The van der Waals surface area contributed by atoms with Crippen LogP contribution in [0.25, 0.3) is 111 Å². The first kappa shape index (κ1) is 35.3. The number of nitrogens with zero attached hydrogens (tertiary/aromatic N) is 6. The van der Waals surface area contributed by atoms with Crippen molar-refractivity contribution in [1.82, 2.24) is 24.1 Å². The van der Waals surface area contributed by atoms with E-state index in [1.165, 1.54) is 10.8 Å². The molecule has 0 saturated heterocycles. The average Bonchev–Trinajstić information content (AvgIpc) is 4.01. The van der Waals surface area contributed by atoms with E-state index in [-0.39, 0.29) is 0 Å². The number of hydrogen-bond acceptors (Lipinski definition) is 5. The van der Waals surface area contributed by atoms with Gasteiger partial charge in [-0.1, -0.05) is 48.5 Å². The molecule has 7 nitrogen and oxygen atoms in total. The van der Waals surface area contributed by atoms with Crippen molar-refractivity contribution in [2.75, 3.05) is 0 Å². The molecular formula is C56H36N6O. The molecular weight excluding hydrogens is 773 g/mol. The number of rotatable bonds is 6. The fourth-order valence-electron chi connectivity index (χ4n) is 9.61. The van der Waals surface area contributed by atoms with E-state index in [9.17, 15) is 0 Å². The molecule has 7 heteroatoms. The predicted octanol–water partition coefficient (Wildman–Crippen LogP) is 14.1. The van der Waals surface area contributed by atoms with Gasteiger partial charge in [-0.3, -0.25) is 19.9 Å². The molecule has 0 N–H and O–H groups in total. The van der Waals surface area contributed by atoms with Crippen molar-refractivity contribution in [2.45, 2.75) is 12.8 Å². The molecule has 0 amide bonds. The monoisotopic (exact) mass is 808 g/mol. The minimum absolute atomic E-state index is 0.843. The van der Waals surface area contributed by atoms with Crippen molar-refractivity contribution < 1.29 is 4.42 Å². The van der Waals surface area contributed by atoms with Crippen molar-refractivity contribution in [3.8, 4) is 45.1 Å². The molecule has 6 aromatic heterocycles. The van der Waals surface area contributed by atoms with Gasteiger partial charge in [-0.25, -0.2) is 0 Å². The largest absolute Gasteiger partial charge is 0.456 e. The summed E-state index contributed by atoms with van der Waals surface area (Å²) in [7, 11) is 0. The molecule has 0 atom stereocenters. The summed E-state index contributed by atoms with van der Waals surface area (Å²) in [6.07, 6.45) is 11.5. The molecule has 0 bridgehead atoms. The third kappa shape index (κ3) is 5.74. The molecule has 1 aliphatic heterocycles. The third-order valence-electron chi connectivity index (χ3n) is 12.6. The zero-order valence-electron chi connectivity index (χ0n) is 34.0. The molecule has 63 heavy (non-hydrogen) atoms. The Morgan fingerprint density at radius 1 is 0.397 bits per heavy atom. The quantitative estimate of drug-likeness (QED) is 0.168. The van der Waals surface area contributed by atoms with Crippen LogP contribution in [0.5, 0.6) is 0 Å². The number of aliphatic imine (C=N–C) groups is 1. The second-order valence-corrected chi connectivity index (χ2v) is 16.2. The summed E-state index contributed by atoms with van der Waals surface area (Å²) in [5, 5.41) is 6.76. The average molecular weight is 809 g/mol. The highest BCUT2D eigenvalue weighted by molar-refractivity contribution is 6.15. The lowest BCUT2D eigenvalue weighted by atomic mass is 10.0. The molecule has 296 valence electrons. The smallest absolute Gasteiger partial charge is 0.135 e. The van der Waals surface area contributed by atoms with Crippen LogP contribution in [-0.4, -0.2) is 29.8 Å². The van der Waals surface area contributed by atoms with Crippen LogP contribution < -0.4 is 0 Å². The highest BCUT2D eigenvalue weighted by Gasteiger charge is 2.20. The van der Waals surface area contributed by atoms with Crippen molar-refractivity contribution in [3.05, 3.63) is 200 Å². The Morgan fingerprint density at radius 3 is 1.22 bits per heavy atom. The molecule has 0 radical (unpaired) electrons. The zero-order chi connectivity index (χ0) is 41.4. The molecule has 0 saturated carbocycles. The molecule has 1 aliphatic rings. The van der Waals surface area contributed by atoms with Gasteiger partial charge in [-0.05, 0) is 140 Å². The summed E-state index contributed by atoms with van der Waals surface area (Å²) in [5.41, 5.74) is 16.6. The van der Waals surface area contributed by atoms with Crippen LogP contribution in [0, 0.1) is 0 Å². The Bertz CT molecular complexity index is 3740. The minimum atomic E-state index is 0.843. The van der Waals surface area contributed by atoms with E-state index in [4.69, 9.17) is 9.41 Å². The first-order chi connectivity index (χ1) is 31.2. The van der Waals surface area contributed by atoms with Gasteiger partial charge in [-0.2, -0.15) is 0 Å². The van der Waals surface area contributed by atoms with Crippen molar-refractivity contribution in [2.24, 2.45) is 4.99 Å². The van der Waals surface area contributed by atoms with Gasteiger partial charge in [0, 0.05) is 90.9 Å². The Kier molecular flexibility index (Phi) is 7.90.